The van der Waals surface area contributed by atoms with Gasteiger partial charge in [-0.3, -0.25) is 0 Å². The number of para-hydroxylation sites is 1. The smallest absolute Gasteiger partial charge is 0.236 e. The van der Waals surface area contributed by atoms with E-state index in [1.54, 1.807) is 15.9 Å². The van der Waals surface area contributed by atoms with Crippen LogP contribution in [0.3, 0.4) is 0 Å². The molecule has 0 saturated heterocycles. The average molecular weight is 364 g/mol. The van der Waals surface area contributed by atoms with E-state index in [4.69, 9.17) is 0 Å². The minimum Gasteiger partial charge on any atom is -0.236 e. The van der Waals surface area contributed by atoms with Crippen LogP contribution in [0.1, 0.15) is 39.1 Å². The lowest BCUT2D eigenvalue weighted by Crippen LogP contribution is -2.37. The Bertz CT molecular complexity index is 799. The van der Waals surface area contributed by atoms with Crippen LogP contribution in [-0.4, -0.2) is 35.6 Å². The zero-order chi connectivity index (χ0) is 18.8. The molecule has 0 radical (unpaired) electrons. The molecule has 138 valence electrons. The predicted molar refractivity (Wildman–Crippen MR) is 101 cm³/mol. The molecule has 1 heterocycles. The van der Waals surface area contributed by atoms with Gasteiger partial charge in [0.2, 0.25) is 10.0 Å². The summed E-state index contributed by atoms with van der Waals surface area (Å²) < 4.78 is 30.0. The van der Waals surface area contributed by atoms with Gasteiger partial charge in [0.1, 0.15) is 4.90 Å². The number of benzene rings is 1. The van der Waals surface area contributed by atoms with E-state index in [-0.39, 0.29) is 11.8 Å². The van der Waals surface area contributed by atoms with Crippen LogP contribution in [0.15, 0.2) is 35.2 Å². The summed E-state index contributed by atoms with van der Waals surface area (Å²) in [6.45, 7) is 12.8. The van der Waals surface area contributed by atoms with Crippen molar-refractivity contribution in [2.45, 2.75) is 46.4 Å². The molecule has 0 N–H and O–H groups in total. The topological polar surface area (TPSA) is 55.2 Å². The number of aryl methyl sites for hydroxylation is 1. The molecule has 0 saturated carbocycles. The van der Waals surface area contributed by atoms with Crippen molar-refractivity contribution in [3.8, 4) is 5.69 Å². The summed E-state index contributed by atoms with van der Waals surface area (Å²) in [7, 11) is -3.59. The highest BCUT2D eigenvalue weighted by Crippen LogP contribution is 2.27. The third-order valence-corrected chi connectivity index (χ3v) is 6.05. The summed E-state index contributed by atoms with van der Waals surface area (Å²) in [5, 5.41) is 4.50. The van der Waals surface area contributed by atoms with Gasteiger partial charge in [-0.25, -0.2) is 13.1 Å². The number of hydrogen-bond donors (Lipinski definition) is 0. The van der Waals surface area contributed by atoms with Crippen molar-refractivity contribution in [3.63, 3.8) is 0 Å². The van der Waals surface area contributed by atoms with E-state index in [2.05, 4.69) is 5.10 Å². The summed E-state index contributed by atoms with van der Waals surface area (Å²) in [5.74, 6) is 0.525. The lowest BCUT2D eigenvalue weighted by molar-refractivity contribution is 0.333. The third-order valence-electron chi connectivity index (χ3n) is 3.96. The maximum atomic E-state index is 13.4. The SMILES string of the molecule is Cc1nn(-c2ccccc2)c(C)c1S(=O)(=O)N(CC(C)C)CC(C)C. The fraction of sp³-hybridized carbons (Fsp3) is 0.526. The normalized spacial score (nSPS) is 12.5. The van der Waals surface area contributed by atoms with Gasteiger partial charge in [-0.1, -0.05) is 45.9 Å². The summed E-state index contributed by atoms with van der Waals surface area (Å²) in [6.07, 6.45) is 0. The summed E-state index contributed by atoms with van der Waals surface area (Å²) >= 11 is 0. The lowest BCUT2D eigenvalue weighted by Gasteiger charge is -2.25. The Labute approximate surface area is 151 Å². The molecule has 0 fully saturated rings. The molecule has 25 heavy (non-hydrogen) atoms. The monoisotopic (exact) mass is 363 g/mol. The Morgan fingerprint density at radius 1 is 1.00 bits per heavy atom. The number of hydrogen-bond acceptors (Lipinski definition) is 3. The highest BCUT2D eigenvalue weighted by molar-refractivity contribution is 7.89. The van der Waals surface area contributed by atoms with Crippen molar-refractivity contribution >= 4 is 10.0 Å². The molecule has 0 unspecified atom stereocenters. The molecule has 0 aliphatic rings. The highest BCUT2D eigenvalue weighted by Gasteiger charge is 2.32. The van der Waals surface area contributed by atoms with Gasteiger partial charge < -0.3 is 0 Å². The number of aromatic nitrogens is 2. The molecule has 0 amide bonds. The van der Waals surface area contributed by atoms with Gasteiger partial charge in [-0.2, -0.15) is 9.40 Å². The predicted octanol–water partition coefficient (Wildman–Crippen LogP) is 3.79. The molecule has 1 aromatic carbocycles. The van der Waals surface area contributed by atoms with E-state index in [9.17, 15) is 8.42 Å². The lowest BCUT2D eigenvalue weighted by atomic mass is 10.2. The standard InChI is InChI=1S/C19H29N3O2S/c1-14(2)12-21(13-15(3)4)25(23,24)19-16(5)20-22(17(19)6)18-10-8-7-9-11-18/h7-11,14-15H,12-13H2,1-6H3. The van der Waals surface area contributed by atoms with Crippen LogP contribution in [0.4, 0.5) is 0 Å². The molecule has 2 rings (SSSR count). The van der Waals surface area contributed by atoms with Crippen LogP contribution < -0.4 is 0 Å². The fourth-order valence-corrected chi connectivity index (χ4v) is 5.16. The quantitative estimate of drug-likeness (QED) is 0.752. The van der Waals surface area contributed by atoms with Gasteiger partial charge in [0, 0.05) is 13.1 Å². The Morgan fingerprint density at radius 2 is 1.52 bits per heavy atom. The molecule has 0 aliphatic carbocycles. The number of sulfonamides is 1. The van der Waals surface area contributed by atoms with Crippen molar-refractivity contribution in [3.05, 3.63) is 41.7 Å². The first-order valence-electron chi connectivity index (χ1n) is 8.76. The van der Waals surface area contributed by atoms with Crippen molar-refractivity contribution < 1.29 is 8.42 Å². The van der Waals surface area contributed by atoms with E-state index in [0.29, 0.717) is 29.4 Å². The largest absolute Gasteiger partial charge is 0.246 e. The first-order valence-corrected chi connectivity index (χ1v) is 10.2. The minimum atomic E-state index is -3.59. The van der Waals surface area contributed by atoms with Crippen LogP contribution in [0.25, 0.3) is 5.69 Å². The van der Waals surface area contributed by atoms with E-state index in [0.717, 1.165) is 5.69 Å². The maximum absolute atomic E-state index is 13.4. The van der Waals surface area contributed by atoms with E-state index in [1.165, 1.54) is 0 Å². The molecule has 0 aliphatic heterocycles. The van der Waals surface area contributed by atoms with Crippen molar-refractivity contribution in [2.24, 2.45) is 11.8 Å². The molecule has 2 aromatic rings. The fourth-order valence-electron chi connectivity index (χ4n) is 3.04. The van der Waals surface area contributed by atoms with Gasteiger partial charge in [-0.15, -0.1) is 0 Å². The van der Waals surface area contributed by atoms with E-state index < -0.39 is 10.0 Å². The molecule has 0 spiro atoms. The van der Waals surface area contributed by atoms with Gasteiger partial charge in [0.05, 0.1) is 17.1 Å². The van der Waals surface area contributed by atoms with Gasteiger partial charge >= 0.3 is 0 Å². The van der Waals surface area contributed by atoms with Gasteiger partial charge in [-0.05, 0) is 37.8 Å². The first kappa shape index (κ1) is 19.7. The van der Waals surface area contributed by atoms with Gasteiger partial charge in [0.25, 0.3) is 0 Å². The molecular formula is C19H29N3O2S. The third kappa shape index (κ3) is 4.30. The Balaban J connectivity index is 2.53. The number of nitrogens with zero attached hydrogens (tertiary/aromatic N) is 3. The summed E-state index contributed by atoms with van der Waals surface area (Å²) in [5.41, 5.74) is 2.06. The van der Waals surface area contributed by atoms with Crippen LogP contribution in [0.5, 0.6) is 0 Å². The molecule has 1 aromatic heterocycles. The second-order valence-corrected chi connectivity index (χ2v) is 9.23. The zero-order valence-electron chi connectivity index (χ0n) is 16.0. The molecular weight excluding hydrogens is 334 g/mol. The second kappa shape index (κ2) is 7.70. The van der Waals surface area contributed by atoms with E-state index >= 15 is 0 Å². The Hall–Kier alpha value is -1.66. The van der Waals surface area contributed by atoms with Crippen LogP contribution in [-0.2, 0) is 10.0 Å². The maximum Gasteiger partial charge on any atom is 0.246 e. The number of rotatable bonds is 7. The summed E-state index contributed by atoms with van der Waals surface area (Å²) in [4.78, 5) is 0.331. The Kier molecular flexibility index (Phi) is 6.06. The summed E-state index contributed by atoms with van der Waals surface area (Å²) in [6, 6.07) is 9.62. The van der Waals surface area contributed by atoms with E-state index in [1.807, 2.05) is 65.0 Å². The highest BCUT2D eigenvalue weighted by atomic mass is 32.2. The molecule has 5 nitrogen and oxygen atoms in total. The van der Waals surface area contributed by atoms with Crippen molar-refractivity contribution in [2.75, 3.05) is 13.1 Å². The second-order valence-electron chi connectivity index (χ2n) is 7.36. The van der Waals surface area contributed by atoms with Crippen LogP contribution in [0.2, 0.25) is 0 Å². The van der Waals surface area contributed by atoms with Crippen molar-refractivity contribution in [1.82, 2.24) is 14.1 Å². The molecule has 0 atom stereocenters. The van der Waals surface area contributed by atoms with Crippen LogP contribution in [0, 0.1) is 25.7 Å². The average Bonchev–Trinajstić information content (AvgIpc) is 2.82. The van der Waals surface area contributed by atoms with Crippen molar-refractivity contribution in [1.29, 1.82) is 0 Å². The van der Waals surface area contributed by atoms with Gasteiger partial charge in [0.15, 0.2) is 0 Å². The zero-order valence-corrected chi connectivity index (χ0v) is 16.8. The molecule has 0 bridgehead atoms. The van der Waals surface area contributed by atoms with Crippen LogP contribution >= 0.6 is 0 Å². The molecule has 6 heteroatoms. The minimum absolute atomic E-state index is 0.262. The Morgan fingerprint density at radius 3 is 2.00 bits per heavy atom. The first-order chi connectivity index (χ1) is 11.6.